The van der Waals surface area contributed by atoms with Crippen LogP contribution in [-0.4, -0.2) is 10.6 Å². The molecule has 0 unspecified atom stereocenters. The number of rotatable bonds is 4. The molecule has 1 N–H and O–H groups in total. The highest BCUT2D eigenvalue weighted by Crippen LogP contribution is 2.02. The van der Waals surface area contributed by atoms with Crippen LogP contribution < -0.4 is 22.4 Å². The molecule has 4 nitrogen and oxygen atoms in total. The Morgan fingerprint density at radius 3 is 2.67 bits per heavy atom. The van der Waals surface area contributed by atoms with Crippen LogP contribution in [0.25, 0.3) is 0 Å². The number of benzene rings is 1. The lowest BCUT2D eigenvalue weighted by Gasteiger charge is -2.01. The third-order valence-corrected chi connectivity index (χ3v) is 2.51. The highest BCUT2D eigenvalue weighted by molar-refractivity contribution is 5.83. The number of halogens is 1. The van der Waals surface area contributed by atoms with Gasteiger partial charge in [-0.2, -0.15) is 5.43 Å². The number of amides is 1. The van der Waals surface area contributed by atoms with Crippen LogP contribution in [0.5, 0.6) is 0 Å². The summed E-state index contributed by atoms with van der Waals surface area (Å²) in [5.74, 6) is 0.0186. The van der Waals surface area contributed by atoms with E-state index < -0.39 is 0 Å². The van der Waals surface area contributed by atoms with Crippen LogP contribution in [0.15, 0.2) is 49.1 Å². The summed E-state index contributed by atoms with van der Waals surface area (Å²) in [7, 11) is 1.91. The molecule has 2 aromatic rings. The number of nitrogens with one attached hydrogen (secondary N) is 1. The number of imidazole rings is 1. The van der Waals surface area contributed by atoms with Gasteiger partial charge in [-0.1, -0.05) is 30.3 Å². The van der Waals surface area contributed by atoms with Crippen molar-refractivity contribution in [1.82, 2.24) is 4.68 Å². The predicted molar refractivity (Wildman–Crippen MR) is 64.7 cm³/mol. The first-order chi connectivity index (χ1) is 8.24. The molecule has 0 aliphatic carbocycles. The minimum absolute atomic E-state index is 0. The summed E-state index contributed by atoms with van der Waals surface area (Å²) in [5, 5.41) is 0. The highest BCUT2D eigenvalue weighted by atomic mass is 35.5. The molecule has 0 aliphatic rings. The zero-order chi connectivity index (χ0) is 12.1. The fourth-order valence-corrected chi connectivity index (χ4v) is 1.62. The number of carbonyl (C=O) groups is 1. The molecule has 1 amide bonds. The van der Waals surface area contributed by atoms with Crippen LogP contribution in [0.2, 0.25) is 0 Å². The fourth-order valence-electron chi connectivity index (χ4n) is 1.62. The average molecular weight is 266 g/mol. The van der Waals surface area contributed by atoms with Crippen LogP contribution in [0.1, 0.15) is 12.0 Å². The number of aryl methyl sites for hydroxylation is 2. The maximum Gasteiger partial charge on any atom is 0.267 e. The van der Waals surface area contributed by atoms with E-state index in [0.717, 1.165) is 6.42 Å². The molecular formula is C13H16ClN3O. The summed E-state index contributed by atoms with van der Waals surface area (Å²) in [4.78, 5) is 11.7. The molecule has 0 aliphatic heterocycles. The summed E-state index contributed by atoms with van der Waals surface area (Å²) in [5.41, 5.74) is 3.97. The van der Waals surface area contributed by atoms with Gasteiger partial charge in [-0.05, 0) is 12.0 Å². The summed E-state index contributed by atoms with van der Waals surface area (Å²) < 4.78 is 3.53. The number of hydrogen-bond donors (Lipinski definition) is 1. The summed E-state index contributed by atoms with van der Waals surface area (Å²) >= 11 is 0. The Bertz CT molecular complexity index is 496. The van der Waals surface area contributed by atoms with E-state index >= 15 is 0 Å². The van der Waals surface area contributed by atoms with Crippen molar-refractivity contribution in [2.24, 2.45) is 7.05 Å². The van der Waals surface area contributed by atoms with Crippen molar-refractivity contribution < 1.29 is 21.8 Å². The monoisotopic (exact) mass is 265 g/mol. The normalized spacial score (nSPS) is 9.61. The van der Waals surface area contributed by atoms with E-state index in [2.05, 4.69) is 5.43 Å². The molecule has 0 fully saturated rings. The molecule has 1 aromatic carbocycles. The average Bonchev–Trinajstić information content (AvgIpc) is 2.73. The van der Waals surface area contributed by atoms with Gasteiger partial charge in [-0.25, -0.2) is 4.57 Å². The quantitative estimate of drug-likeness (QED) is 0.640. The van der Waals surface area contributed by atoms with Gasteiger partial charge in [0.05, 0.1) is 7.05 Å². The van der Waals surface area contributed by atoms with Gasteiger partial charge in [-0.3, -0.25) is 4.79 Å². The van der Waals surface area contributed by atoms with Gasteiger partial charge < -0.3 is 12.4 Å². The number of hydrogen-bond acceptors (Lipinski definition) is 1. The van der Waals surface area contributed by atoms with Gasteiger partial charge >= 0.3 is 0 Å². The molecule has 5 heteroatoms. The van der Waals surface area contributed by atoms with Crippen molar-refractivity contribution in [2.75, 3.05) is 5.43 Å². The Kier molecular flexibility index (Phi) is 5.39. The van der Waals surface area contributed by atoms with E-state index in [-0.39, 0.29) is 18.3 Å². The van der Waals surface area contributed by atoms with Crippen LogP contribution in [0.3, 0.4) is 0 Å². The van der Waals surface area contributed by atoms with E-state index in [1.807, 2.05) is 48.1 Å². The molecule has 0 spiro atoms. The zero-order valence-electron chi connectivity index (χ0n) is 10.2. The SMILES string of the molecule is C[n+]1ccn(NC(=O)CCc2ccccc2)c1.[Cl-]. The lowest BCUT2D eigenvalue weighted by atomic mass is 10.1. The van der Waals surface area contributed by atoms with Gasteiger partial charge in [0.25, 0.3) is 12.2 Å². The number of aromatic nitrogens is 2. The van der Waals surface area contributed by atoms with Gasteiger partial charge in [0.15, 0.2) is 6.20 Å². The van der Waals surface area contributed by atoms with E-state index in [1.54, 1.807) is 17.2 Å². The molecule has 2 rings (SSSR count). The van der Waals surface area contributed by atoms with E-state index in [1.165, 1.54) is 5.56 Å². The smallest absolute Gasteiger partial charge is 0.267 e. The molecule has 96 valence electrons. The third-order valence-electron chi connectivity index (χ3n) is 2.51. The van der Waals surface area contributed by atoms with E-state index in [9.17, 15) is 4.79 Å². The van der Waals surface area contributed by atoms with Crippen molar-refractivity contribution in [3.05, 3.63) is 54.6 Å². The second kappa shape index (κ2) is 6.81. The van der Waals surface area contributed by atoms with Crippen LogP contribution >= 0.6 is 0 Å². The first-order valence-corrected chi connectivity index (χ1v) is 5.61. The second-order valence-corrected chi connectivity index (χ2v) is 4.01. The first-order valence-electron chi connectivity index (χ1n) is 5.61. The molecular weight excluding hydrogens is 250 g/mol. The minimum atomic E-state index is 0. The maximum absolute atomic E-state index is 11.7. The Morgan fingerprint density at radius 1 is 1.33 bits per heavy atom. The molecule has 0 saturated heterocycles. The van der Waals surface area contributed by atoms with Crippen LogP contribution in [-0.2, 0) is 18.3 Å². The number of nitrogens with zero attached hydrogens (tertiary/aromatic N) is 2. The molecule has 0 bridgehead atoms. The lowest BCUT2D eigenvalue weighted by Crippen LogP contribution is -3.00. The van der Waals surface area contributed by atoms with Crippen molar-refractivity contribution in [3.63, 3.8) is 0 Å². The standard InChI is InChI=1S/C13H15N3O.ClH/c1-15-9-10-16(11-15)14-13(17)8-7-12-5-3-2-4-6-12;/h2-6,9-11H,7-8H2,1H3;1H. The Balaban J connectivity index is 0.00000162. The van der Waals surface area contributed by atoms with Crippen molar-refractivity contribution >= 4 is 5.91 Å². The molecule has 1 heterocycles. The van der Waals surface area contributed by atoms with E-state index in [0.29, 0.717) is 6.42 Å². The van der Waals surface area contributed by atoms with Crippen molar-refractivity contribution in [2.45, 2.75) is 12.8 Å². The first kappa shape index (κ1) is 14.3. The van der Waals surface area contributed by atoms with Crippen LogP contribution in [0, 0.1) is 0 Å². The second-order valence-electron chi connectivity index (χ2n) is 4.01. The molecule has 0 radical (unpaired) electrons. The molecule has 18 heavy (non-hydrogen) atoms. The van der Waals surface area contributed by atoms with E-state index in [4.69, 9.17) is 0 Å². The molecule has 0 saturated carbocycles. The molecule has 0 atom stereocenters. The zero-order valence-corrected chi connectivity index (χ0v) is 11.0. The van der Waals surface area contributed by atoms with Gasteiger partial charge in [0, 0.05) is 6.42 Å². The van der Waals surface area contributed by atoms with Gasteiger partial charge in [0.1, 0.15) is 6.20 Å². The van der Waals surface area contributed by atoms with Gasteiger partial charge in [-0.15, -0.1) is 4.68 Å². The van der Waals surface area contributed by atoms with Crippen molar-refractivity contribution in [3.8, 4) is 0 Å². The Hall–Kier alpha value is -1.81. The topological polar surface area (TPSA) is 37.9 Å². The Labute approximate surface area is 113 Å². The third kappa shape index (κ3) is 4.22. The summed E-state index contributed by atoms with van der Waals surface area (Å²) in [6, 6.07) is 10.0. The summed E-state index contributed by atoms with van der Waals surface area (Å²) in [6.07, 6.45) is 6.74. The van der Waals surface area contributed by atoms with Gasteiger partial charge in [0.2, 0.25) is 0 Å². The maximum atomic E-state index is 11.7. The predicted octanol–water partition coefficient (Wildman–Crippen LogP) is -1.98. The summed E-state index contributed by atoms with van der Waals surface area (Å²) in [6.45, 7) is 0. The Morgan fingerprint density at radius 2 is 2.06 bits per heavy atom. The van der Waals surface area contributed by atoms with Crippen molar-refractivity contribution in [1.29, 1.82) is 0 Å². The lowest BCUT2D eigenvalue weighted by molar-refractivity contribution is -0.670. The fraction of sp³-hybridized carbons (Fsp3) is 0.231. The highest BCUT2D eigenvalue weighted by Gasteiger charge is 2.06. The van der Waals surface area contributed by atoms with Crippen LogP contribution in [0.4, 0.5) is 0 Å². The minimum Gasteiger partial charge on any atom is -1.00 e. The number of carbonyl (C=O) groups excluding carboxylic acids is 1. The largest absolute Gasteiger partial charge is 1.00 e. The molecule has 1 aromatic heterocycles.